The second kappa shape index (κ2) is 6.66. The first-order valence-corrected chi connectivity index (χ1v) is 7.25. The van der Waals surface area contributed by atoms with Gasteiger partial charge in [0.2, 0.25) is 0 Å². The maximum atomic E-state index is 3.60. The standard InChI is InChI=1S/C12H20BrNS/c1-4-14-8-10(9(2)3)7-12-11(13)5-6-15-12/h5-6,9-10,14H,4,7-8H2,1-3H3. The van der Waals surface area contributed by atoms with Crippen molar-refractivity contribution in [3.8, 4) is 0 Å². The van der Waals surface area contributed by atoms with Gasteiger partial charge >= 0.3 is 0 Å². The fraction of sp³-hybridized carbons (Fsp3) is 0.667. The predicted molar refractivity (Wildman–Crippen MR) is 72.6 cm³/mol. The zero-order valence-corrected chi connectivity index (χ0v) is 12.1. The van der Waals surface area contributed by atoms with Gasteiger partial charge in [-0.2, -0.15) is 0 Å². The molecule has 15 heavy (non-hydrogen) atoms. The van der Waals surface area contributed by atoms with Crippen molar-refractivity contribution >= 4 is 27.3 Å². The summed E-state index contributed by atoms with van der Waals surface area (Å²) in [5, 5.41) is 5.61. The summed E-state index contributed by atoms with van der Waals surface area (Å²) in [6, 6.07) is 2.14. The molecule has 1 heterocycles. The number of thiophene rings is 1. The Labute approximate surface area is 105 Å². The Morgan fingerprint density at radius 1 is 1.47 bits per heavy atom. The van der Waals surface area contributed by atoms with Crippen LogP contribution in [0.2, 0.25) is 0 Å². The Morgan fingerprint density at radius 2 is 2.20 bits per heavy atom. The molecule has 0 fully saturated rings. The lowest BCUT2D eigenvalue weighted by Gasteiger charge is -2.20. The van der Waals surface area contributed by atoms with Gasteiger partial charge < -0.3 is 5.32 Å². The molecule has 0 aromatic carbocycles. The molecule has 0 saturated heterocycles. The highest BCUT2D eigenvalue weighted by Gasteiger charge is 2.15. The molecule has 0 radical (unpaired) electrons. The van der Waals surface area contributed by atoms with E-state index in [1.165, 1.54) is 15.8 Å². The number of nitrogens with one attached hydrogen (secondary N) is 1. The molecular formula is C12H20BrNS. The topological polar surface area (TPSA) is 12.0 Å². The molecule has 1 unspecified atom stereocenters. The summed E-state index contributed by atoms with van der Waals surface area (Å²) < 4.78 is 1.27. The molecule has 0 amide bonds. The minimum atomic E-state index is 0.734. The van der Waals surface area contributed by atoms with Crippen LogP contribution in [-0.4, -0.2) is 13.1 Å². The molecule has 1 nitrogen and oxygen atoms in total. The van der Waals surface area contributed by atoms with Crippen LogP contribution >= 0.6 is 27.3 Å². The minimum absolute atomic E-state index is 0.734. The maximum absolute atomic E-state index is 3.60. The smallest absolute Gasteiger partial charge is 0.0314 e. The molecule has 0 spiro atoms. The summed E-state index contributed by atoms with van der Waals surface area (Å²) >= 11 is 5.46. The van der Waals surface area contributed by atoms with Crippen LogP contribution in [0.25, 0.3) is 0 Å². The fourth-order valence-corrected chi connectivity index (χ4v) is 3.19. The van der Waals surface area contributed by atoms with E-state index in [1.807, 2.05) is 11.3 Å². The van der Waals surface area contributed by atoms with Crippen LogP contribution < -0.4 is 5.32 Å². The molecule has 0 aliphatic heterocycles. The second-order valence-electron chi connectivity index (χ2n) is 4.21. The first-order chi connectivity index (χ1) is 7.15. The summed E-state index contributed by atoms with van der Waals surface area (Å²) in [6.45, 7) is 8.97. The number of rotatable bonds is 6. The van der Waals surface area contributed by atoms with Crippen LogP contribution in [0, 0.1) is 11.8 Å². The monoisotopic (exact) mass is 289 g/mol. The van der Waals surface area contributed by atoms with Gasteiger partial charge in [-0.15, -0.1) is 11.3 Å². The third-order valence-corrected chi connectivity index (χ3v) is 4.69. The van der Waals surface area contributed by atoms with Gasteiger partial charge in [-0.1, -0.05) is 20.8 Å². The van der Waals surface area contributed by atoms with E-state index < -0.39 is 0 Å². The van der Waals surface area contributed by atoms with Crippen molar-refractivity contribution in [1.29, 1.82) is 0 Å². The molecule has 0 aliphatic carbocycles. The molecule has 1 rings (SSSR count). The molecule has 1 N–H and O–H groups in total. The number of halogens is 1. The van der Waals surface area contributed by atoms with Crippen molar-refractivity contribution in [3.05, 3.63) is 20.8 Å². The van der Waals surface area contributed by atoms with E-state index in [0.29, 0.717) is 0 Å². The fourth-order valence-electron chi connectivity index (χ4n) is 1.58. The average molecular weight is 290 g/mol. The Kier molecular flexibility index (Phi) is 5.87. The molecular weight excluding hydrogens is 270 g/mol. The van der Waals surface area contributed by atoms with Gasteiger partial charge in [0, 0.05) is 9.35 Å². The second-order valence-corrected chi connectivity index (χ2v) is 6.06. The van der Waals surface area contributed by atoms with E-state index in [4.69, 9.17) is 0 Å². The highest BCUT2D eigenvalue weighted by molar-refractivity contribution is 9.10. The Morgan fingerprint density at radius 3 is 2.67 bits per heavy atom. The maximum Gasteiger partial charge on any atom is 0.0314 e. The van der Waals surface area contributed by atoms with E-state index in [1.54, 1.807) is 0 Å². The molecule has 86 valence electrons. The minimum Gasteiger partial charge on any atom is -0.317 e. The normalized spacial score (nSPS) is 13.4. The van der Waals surface area contributed by atoms with Crippen LogP contribution in [0.1, 0.15) is 25.6 Å². The van der Waals surface area contributed by atoms with E-state index in [2.05, 4.69) is 53.5 Å². The lowest BCUT2D eigenvalue weighted by atomic mass is 9.92. The first kappa shape index (κ1) is 13.2. The Hall–Kier alpha value is 0.140. The molecule has 1 aromatic rings. The van der Waals surface area contributed by atoms with Gasteiger partial charge in [-0.25, -0.2) is 0 Å². The van der Waals surface area contributed by atoms with Crippen LogP contribution in [-0.2, 0) is 6.42 Å². The van der Waals surface area contributed by atoms with Gasteiger partial charge in [0.25, 0.3) is 0 Å². The van der Waals surface area contributed by atoms with Gasteiger partial charge in [0.15, 0.2) is 0 Å². The van der Waals surface area contributed by atoms with Crippen molar-refractivity contribution in [2.24, 2.45) is 11.8 Å². The van der Waals surface area contributed by atoms with Gasteiger partial charge in [-0.05, 0) is 58.7 Å². The third kappa shape index (κ3) is 4.25. The molecule has 0 saturated carbocycles. The highest BCUT2D eigenvalue weighted by atomic mass is 79.9. The van der Waals surface area contributed by atoms with Crippen LogP contribution in [0.3, 0.4) is 0 Å². The van der Waals surface area contributed by atoms with Crippen LogP contribution in [0.15, 0.2) is 15.9 Å². The van der Waals surface area contributed by atoms with E-state index in [-0.39, 0.29) is 0 Å². The van der Waals surface area contributed by atoms with Gasteiger partial charge in [0.05, 0.1) is 0 Å². The summed E-state index contributed by atoms with van der Waals surface area (Å²) in [6.07, 6.45) is 1.18. The van der Waals surface area contributed by atoms with Crippen molar-refractivity contribution in [3.63, 3.8) is 0 Å². The number of hydrogen-bond donors (Lipinski definition) is 1. The zero-order valence-electron chi connectivity index (χ0n) is 9.72. The van der Waals surface area contributed by atoms with Crippen LogP contribution in [0.4, 0.5) is 0 Å². The Bertz CT molecular complexity index is 283. The Balaban J connectivity index is 2.54. The van der Waals surface area contributed by atoms with Gasteiger partial charge in [0.1, 0.15) is 0 Å². The van der Waals surface area contributed by atoms with Crippen molar-refractivity contribution in [1.82, 2.24) is 5.32 Å². The number of hydrogen-bond acceptors (Lipinski definition) is 2. The lowest BCUT2D eigenvalue weighted by Crippen LogP contribution is -2.27. The lowest BCUT2D eigenvalue weighted by molar-refractivity contribution is 0.365. The van der Waals surface area contributed by atoms with Crippen molar-refractivity contribution < 1.29 is 0 Å². The van der Waals surface area contributed by atoms with Crippen molar-refractivity contribution in [2.45, 2.75) is 27.2 Å². The summed E-state index contributed by atoms with van der Waals surface area (Å²) in [5.41, 5.74) is 0. The molecule has 1 aromatic heterocycles. The van der Waals surface area contributed by atoms with E-state index in [9.17, 15) is 0 Å². The highest BCUT2D eigenvalue weighted by Crippen LogP contribution is 2.27. The van der Waals surface area contributed by atoms with Crippen molar-refractivity contribution in [2.75, 3.05) is 13.1 Å². The van der Waals surface area contributed by atoms with Gasteiger partial charge in [-0.3, -0.25) is 0 Å². The van der Waals surface area contributed by atoms with E-state index in [0.717, 1.165) is 24.9 Å². The zero-order chi connectivity index (χ0) is 11.3. The first-order valence-electron chi connectivity index (χ1n) is 5.57. The van der Waals surface area contributed by atoms with E-state index >= 15 is 0 Å². The molecule has 3 heteroatoms. The molecule has 0 aliphatic rings. The molecule has 1 atom stereocenters. The third-order valence-electron chi connectivity index (χ3n) is 2.74. The average Bonchev–Trinajstić information content (AvgIpc) is 2.58. The summed E-state index contributed by atoms with van der Waals surface area (Å²) in [5.74, 6) is 1.47. The van der Waals surface area contributed by atoms with Crippen LogP contribution in [0.5, 0.6) is 0 Å². The SMILES string of the molecule is CCNCC(Cc1sccc1Br)C(C)C. The quantitative estimate of drug-likeness (QED) is 0.837. The summed E-state index contributed by atoms with van der Waals surface area (Å²) in [4.78, 5) is 1.48. The predicted octanol–water partition coefficient (Wildman–Crippen LogP) is 3.93. The summed E-state index contributed by atoms with van der Waals surface area (Å²) in [7, 11) is 0. The molecule has 0 bridgehead atoms. The largest absolute Gasteiger partial charge is 0.317 e.